The summed E-state index contributed by atoms with van der Waals surface area (Å²) in [6, 6.07) is -0.00620. The molecule has 2 rings (SSSR count). The molecule has 0 aromatic carbocycles. The van der Waals surface area contributed by atoms with Gasteiger partial charge in [-0.05, 0) is 6.42 Å². The fraction of sp³-hybridized carbons (Fsp3) is 1.00. The summed E-state index contributed by atoms with van der Waals surface area (Å²) in [4.78, 5) is 0. The molecule has 2 aliphatic heterocycles. The molecule has 17 heavy (non-hydrogen) atoms. The summed E-state index contributed by atoms with van der Waals surface area (Å²) in [5.74, 6) is -0.219. The third kappa shape index (κ3) is 2.49. The highest BCUT2D eigenvalue weighted by molar-refractivity contribution is 7.95. The van der Waals surface area contributed by atoms with Crippen LogP contribution >= 0.6 is 0 Å². The summed E-state index contributed by atoms with van der Waals surface area (Å²) >= 11 is 0. The van der Waals surface area contributed by atoms with Crippen molar-refractivity contribution in [3.05, 3.63) is 0 Å². The number of hydrogen-bond donors (Lipinski definition) is 1. The molecular formula is C9H18N2O4S2. The van der Waals surface area contributed by atoms with Crippen LogP contribution in [-0.4, -0.2) is 63.6 Å². The topological polar surface area (TPSA) is 83.6 Å². The van der Waals surface area contributed by atoms with Crippen LogP contribution in [0.25, 0.3) is 0 Å². The highest BCUT2D eigenvalue weighted by Gasteiger charge is 2.43. The Kier molecular flexibility index (Phi) is 3.50. The lowest BCUT2D eigenvalue weighted by atomic mass is 10.2. The quantitative estimate of drug-likeness (QED) is 0.700. The molecule has 2 heterocycles. The van der Waals surface area contributed by atoms with E-state index in [-0.39, 0.29) is 24.0 Å². The zero-order valence-electron chi connectivity index (χ0n) is 9.79. The number of nitrogens with zero attached hydrogens (tertiary/aromatic N) is 1. The molecule has 0 spiro atoms. The summed E-state index contributed by atoms with van der Waals surface area (Å²) < 4.78 is 48.8. The summed E-state index contributed by atoms with van der Waals surface area (Å²) in [6.45, 7) is 3.52. The van der Waals surface area contributed by atoms with Crippen LogP contribution in [-0.2, 0) is 19.9 Å². The number of sulfonamides is 1. The molecular weight excluding hydrogens is 264 g/mol. The molecule has 0 aromatic heterocycles. The first-order chi connectivity index (χ1) is 7.87. The van der Waals surface area contributed by atoms with Gasteiger partial charge in [-0.15, -0.1) is 0 Å². The van der Waals surface area contributed by atoms with Gasteiger partial charge in [0.25, 0.3) is 0 Å². The van der Waals surface area contributed by atoms with Crippen LogP contribution in [0.4, 0.5) is 0 Å². The Hall–Kier alpha value is -0.180. The van der Waals surface area contributed by atoms with Gasteiger partial charge in [0.05, 0.1) is 16.8 Å². The third-order valence-corrected chi connectivity index (χ3v) is 7.85. The van der Waals surface area contributed by atoms with Crippen LogP contribution < -0.4 is 5.32 Å². The van der Waals surface area contributed by atoms with Gasteiger partial charge < -0.3 is 5.32 Å². The lowest BCUT2D eigenvalue weighted by molar-refractivity contribution is 0.248. The zero-order valence-corrected chi connectivity index (χ0v) is 11.4. The average Bonchev–Trinajstić information content (AvgIpc) is 2.52. The van der Waals surface area contributed by atoms with Crippen LogP contribution in [0.5, 0.6) is 0 Å². The number of nitrogens with one attached hydrogen (secondary N) is 1. The minimum Gasteiger partial charge on any atom is -0.313 e. The molecule has 8 heteroatoms. The van der Waals surface area contributed by atoms with E-state index in [0.717, 1.165) is 0 Å². The van der Waals surface area contributed by atoms with Gasteiger partial charge in [-0.1, -0.05) is 6.92 Å². The van der Waals surface area contributed by atoms with E-state index >= 15 is 0 Å². The van der Waals surface area contributed by atoms with Crippen LogP contribution in [0.1, 0.15) is 13.3 Å². The Balaban J connectivity index is 2.17. The largest absolute Gasteiger partial charge is 0.313 e. The molecule has 0 amide bonds. The van der Waals surface area contributed by atoms with Crippen molar-refractivity contribution in [3.8, 4) is 0 Å². The maximum Gasteiger partial charge on any atom is 0.218 e. The van der Waals surface area contributed by atoms with Gasteiger partial charge in [-0.2, -0.15) is 4.31 Å². The Bertz CT molecular complexity index is 481. The van der Waals surface area contributed by atoms with E-state index in [1.54, 1.807) is 6.92 Å². The fourth-order valence-corrected chi connectivity index (χ4v) is 7.04. The van der Waals surface area contributed by atoms with Crippen LogP contribution in [0.15, 0.2) is 0 Å². The molecule has 1 N–H and O–H groups in total. The zero-order chi connectivity index (χ0) is 12.7. The second-order valence-corrected chi connectivity index (χ2v) is 8.98. The normalized spacial score (nSPS) is 29.4. The van der Waals surface area contributed by atoms with Crippen molar-refractivity contribution < 1.29 is 16.8 Å². The first-order valence-electron chi connectivity index (χ1n) is 5.78. The van der Waals surface area contributed by atoms with E-state index < -0.39 is 25.1 Å². The highest BCUT2D eigenvalue weighted by Crippen LogP contribution is 2.24. The van der Waals surface area contributed by atoms with Crippen LogP contribution in [0.2, 0.25) is 0 Å². The molecule has 2 saturated heterocycles. The van der Waals surface area contributed by atoms with Crippen LogP contribution in [0.3, 0.4) is 0 Å². The minimum absolute atomic E-state index is 0.00261. The monoisotopic (exact) mass is 282 g/mol. The van der Waals surface area contributed by atoms with Crippen molar-refractivity contribution in [1.82, 2.24) is 9.62 Å². The molecule has 2 fully saturated rings. The molecule has 100 valence electrons. The molecule has 2 aliphatic rings. The van der Waals surface area contributed by atoms with Crippen molar-refractivity contribution in [2.24, 2.45) is 0 Å². The molecule has 0 bridgehead atoms. The average molecular weight is 282 g/mol. The molecule has 1 atom stereocenters. The molecule has 0 saturated carbocycles. The van der Waals surface area contributed by atoms with Gasteiger partial charge in [0.1, 0.15) is 0 Å². The van der Waals surface area contributed by atoms with Gasteiger partial charge >= 0.3 is 0 Å². The smallest absolute Gasteiger partial charge is 0.218 e. The van der Waals surface area contributed by atoms with Crippen molar-refractivity contribution in [1.29, 1.82) is 0 Å². The van der Waals surface area contributed by atoms with Crippen molar-refractivity contribution >= 4 is 19.9 Å². The molecule has 0 aliphatic carbocycles. The Labute approximate surface area is 102 Å². The van der Waals surface area contributed by atoms with Crippen molar-refractivity contribution in [2.45, 2.75) is 24.6 Å². The predicted molar refractivity (Wildman–Crippen MR) is 65.0 cm³/mol. The molecule has 1 unspecified atom stereocenters. The second kappa shape index (κ2) is 4.49. The number of hydrogen-bond acceptors (Lipinski definition) is 5. The van der Waals surface area contributed by atoms with Gasteiger partial charge in [0.15, 0.2) is 9.84 Å². The van der Waals surface area contributed by atoms with E-state index in [1.807, 2.05) is 0 Å². The standard InChI is InChI=1S/C9H18N2O4S2/c1-2-11(8-5-10-6-8)17(14,15)9-3-4-16(12,13)7-9/h8-10H,2-7H2,1H3. The summed E-state index contributed by atoms with van der Waals surface area (Å²) in [5, 5.41) is 2.29. The van der Waals surface area contributed by atoms with Gasteiger partial charge in [-0.3, -0.25) is 0 Å². The Morgan fingerprint density at radius 3 is 2.35 bits per heavy atom. The fourth-order valence-electron chi connectivity index (χ4n) is 2.31. The predicted octanol–water partition coefficient (Wildman–Crippen LogP) is -1.20. The van der Waals surface area contributed by atoms with Crippen molar-refractivity contribution in [3.63, 3.8) is 0 Å². The summed E-state index contributed by atoms with van der Waals surface area (Å²) in [7, 11) is -6.62. The maximum absolute atomic E-state index is 12.3. The Morgan fingerprint density at radius 1 is 1.35 bits per heavy atom. The van der Waals surface area contributed by atoms with E-state index in [2.05, 4.69) is 5.32 Å². The van der Waals surface area contributed by atoms with E-state index in [4.69, 9.17) is 0 Å². The SMILES string of the molecule is CCN(C1CNC1)S(=O)(=O)C1CCS(=O)(=O)C1. The first-order valence-corrected chi connectivity index (χ1v) is 9.11. The number of rotatable bonds is 4. The second-order valence-electron chi connectivity index (χ2n) is 4.59. The lowest BCUT2D eigenvalue weighted by Gasteiger charge is -2.37. The highest BCUT2D eigenvalue weighted by atomic mass is 32.2. The Morgan fingerprint density at radius 2 is 2.00 bits per heavy atom. The van der Waals surface area contributed by atoms with Gasteiger partial charge in [0.2, 0.25) is 10.0 Å². The number of likely N-dealkylation sites (N-methyl/N-ethyl adjacent to an activating group) is 1. The maximum atomic E-state index is 12.3. The lowest BCUT2D eigenvalue weighted by Crippen LogP contribution is -2.60. The van der Waals surface area contributed by atoms with Crippen LogP contribution in [0, 0.1) is 0 Å². The van der Waals surface area contributed by atoms with Gasteiger partial charge in [-0.25, -0.2) is 16.8 Å². The first kappa shape index (κ1) is 13.3. The minimum atomic E-state index is -3.47. The molecule has 0 radical (unpaired) electrons. The molecule has 6 nitrogen and oxygen atoms in total. The van der Waals surface area contributed by atoms with E-state index in [0.29, 0.717) is 19.6 Å². The third-order valence-electron chi connectivity index (χ3n) is 3.42. The summed E-state index contributed by atoms with van der Waals surface area (Å²) in [6.07, 6.45) is 0.237. The van der Waals surface area contributed by atoms with E-state index in [1.165, 1.54) is 4.31 Å². The van der Waals surface area contributed by atoms with E-state index in [9.17, 15) is 16.8 Å². The molecule has 0 aromatic rings. The number of sulfone groups is 1. The summed E-state index contributed by atoms with van der Waals surface area (Å²) in [5.41, 5.74) is 0. The van der Waals surface area contributed by atoms with Gasteiger partial charge in [0, 0.05) is 25.7 Å². The van der Waals surface area contributed by atoms with Crippen molar-refractivity contribution in [2.75, 3.05) is 31.1 Å².